The van der Waals surface area contributed by atoms with Crippen molar-refractivity contribution < 1.29 is 13.2 Å². The second-order valence-electron chi connectivity index (χ2n) is 6.38. The minimum Gasteiger partial charge on any atom is -0.368 e. The number of hydrogen-bond donors (Lipinski definition) is 1. The molecule has 0 unspecified atom stereocenters. The van der Waals surface area contributed by atoms with Gasteiger partial charge in [-0.15, -0.1) is 16.9 Å². The number of rotatable bonds is 5. The van der Waals surface area contributed by atoms with Crippen LogP contribution in [-0.4, -0.2) is 30.9 Å². The summed E-state index contributed by atoms with van der Waals surface area (Å²) in [7, 11) is 0. The van der Waals surface area contributed by atoms with Crippen LogP contribution in [0.3, 0.4) is 0 Å². The van der Waals surface area contributed by atoms with Gasteiger partial charge in [0.05, 0.1) is 0 Å². The minimum absolute atomic E-state index is 0.0539. The molecule has 0 radical (unpaired) electrons. The van der Waals surface area contributed by atoms with Crippen molar-refractivity contribution in [2.24, 2.45) is 0 Å². The third-order valence-electron chi connectivity index (χ3n) is 4.17. The lowest BCUT2D eigenvalue weighted by molar-refractivity contribution is -0.144. The molecule has 1 saturated carbocycles. The molecule has 0 aliphatic heterocycles. The zero-order chi connectivity index (χ0) is 18.4. The molecule has 136 valence electrons. The molecule has 2 aromatic heterocycles. The third kappa shape index (κ3) is 3.48. The highest BCUT2D eigenvalue weighted by atomic mass is 32.2. The highest BCUT2D eigenvalue weighted by Crippen LogP contribution is 2.51. The molecule has 26 heavy (non-hydrogen) atoms. The van der Waals surface area contributed by atoms with Gasteiger partial charge in [-0.2, -0.15) is 22.7 Å². The zero-order valence-corrected chi connectivity index (χ0v) is 14.7. The monoisotopic (exact) mass is 379 g/mol. The predicted molar refractivity (Wildman–Crippen MR) is 93.3 cm³/mol. The van der Waals surface area contributed by atoms with Gasteiger partial charge in [0.25, 0.3) is 11.6 Å². The van der Waals surface area contributed by atoms with Crippen LogP contribution in [0.5, 0.6) is 0 Å². The number of aryl methyl sites for hydroxylation is 1. The molecule has 1 fully saturated rings. The first-order valence-corrected chi connectivity index (χ1v) is 8.96. The zero-order valence-electron chi connectivity index (χ0n) is 13.9. The highest BCUT2D eigenvalue weighted by molar-refractivity contribution is 8.01. The van der Waals surface area contributed by atoms with Crippen LogP contribution in [0.15, 0.2) is 41.3 Å². The number of hydrogen-bond acceptors (Lipinski definition) is 5. The van der Waals surface area contributed by atoms with E-state index in [-0.39, 0.29) is 10.5 Å². The van der Waals surface area contributed by atoms with Crippen molar-refractivity contribution in [2.75, 3.05) is 11.9 Å². The van der Waals surface area contributed by atoms with Gasteiger partial charge < -0.3 is 5.32 Å². The molecule has 1 N–H and O–H groups in total. The van der Waals surface area contributed by atoms with Crippen molar-refractivity contribution >= 4 is 23.4 Å². The number of thioether (sulfide) groups is 1. The number of anilines is 1. The Morgan fingerprint density at radius 2 is 1.92 bits per heavy atom. The molecule has 0 saturated heterocycles. The third-order valence-corrected chi connectivity index (χ3v) is 5.66. The van der Waals surface area contributed by atoms with E-state index in [1.165, 1.54) is 4.90 Å². The van der Waals surface area contributed by atoms with Crippen molar-refractivity contribution in [1.29, 1.82) is 0 Å². The average molecular weight is 379 g/mol. The molecule has 0 bridgehead atoms. The van der Waals surface area contributed by atoms with Crippen LogP contribution in [0.2, 0.25) is 0 Å². The lowest BCUT2D eigenvalue weighted by Gasteiger charge is -2.17. The van der Waals surface area contributed by atoms with Gasteiger partial charge in [0, 0.05) is 27.9 Å². The Bertz CT molecular complexity index is 935. The fraction of sp³-hybridized carbons (Fsp3) is 0.353. The number of fused-ring (bicyclic) bond motifs is 1. The maximum absolute atomic E-state index is 12.9. The molecule has 1 aliphatic rings. The second kappa shape index (κ2) is 6.15. The van der Waals surface area contributed by atoms with Gasteiger partial charge >= 0.3 is 6.18 Å². The highest BCUT2D eigenvalue weighted by Gasteiger charge is 2.43. The normalized spacial score (nSPS) is 16.0. The number of halogens is 3. The summed E-state index contributed by atoms with van der Waals surface area (Å²) < 4.78 is 39.9. The lowest BCUT2D eigenvalue weighted by atomic mass is 10.3. The fourth-order valence-electron chi connectivity index (χ4n) is 2.68. The van der Waals surface area contributed by atoms with Crippen molar-refractivity contribution in [3.8, 4) is 0 Å². The Kier molecular flexibility index (Phi) is 4.06. The van der Waals surface area contributed by atoms with Crippen LogP contribution in [0.1, 0.15) is 24.4 Å². The van der Waals surface area contributed by atoms with E-state index in [9.17, 15) is 13.2 Å². The van der Waals surface area contributed by atoms with Gasteiger partial charge in [-0.1, -0.05) is 18.2 Å². The van der Waals surface area contributed by atoms with Crippen molar-refractivity contribution in [3.05, 3.63) is 47.9 Å². The van der Waals surface area contributed by atoms with Gasteiger partial charge in [-0.05, 0) is 31.9 Å². The molecule has 2 heterocycles. The van der Waals surface area contributed by atoms with Crippen LogP contribution in [-0.2, 0) is 6.18 Å². The van der Waals surface area contributed by atoms with E-state index in [0.29, 0.717) is 18.1 Å². The maximum atomic E-state index is 12.9. The molecule has 0 atom stereocenters. The summed E-state index contributed by atoms with van der Waals surface area (Å²) >= 11 is 1.79. The standard InChI is InChI=1S/C17H16F3N5S/c1-11-9-13(25-15(22-11)23-14(24-25)17(18,19)20)21-10-16(7-8-16)26-12-5-3-2-4-6-12/h2-6,9,21H,7-8,10H2,1H3. The van der Waals surface area contributed by atoms with Crippen LogP contribution < -0.4 is 5.32 Å². The molecule has 9 heteroatoms. The van der Waals surface area contributed by atoms with E-state index in [1.54, 1.807) is 24.8 Å². The predicted octanol–water partition coefficient (Wildman–Crippen LogP) is 4.19. The Balaban J connectivity index is 1.56. The van der Waals surface area contributed by atoms with Gasteiger partial charge in [0.2, 0.25) is 0 Å². The average Bonchev–Trinajstić information content (AvgIpc) is 3.19. The van der Waals surface area contributed by atoms with E-state index >= 15 is 0 Å². The second-order valence-corrected chi connectivity index (χ2v) is 7.92. The first-order chi connectivity index (χ1) is 12.3. The maximum Gasteiger partial charge on any atom is 0.453 e. The molecule has 5 nitrogen and oxygen atoms in total. The number of benzene rings is 1. The minimum atomic E-state index is -4.60. The Labute approximate surface area is 152 Å². The van der Waals surface area contributed by atoms with Crippen LogP contribution in [0.25, 0.3) is 5.78 Å². The summed E-state index contributed by atoms with van der Waals surface area (Å²) in [5.41, 5.74) is 0.585. The molecule has 1 aromatic carbocycles. The molecule has 0 spiro atoms. The molecular formula is C17H16F3N5S. The van der Waals surface area contributed by atoms with E-state index in [0.717, 1.165) is 17.4 Å². The Morgan fingerprint density at radius 3 is 2.58 bits per heavy atom. The van der Waals surface area contributed by atoms with E-state index in [4.69, 9.17) is 0 Å². The topological polar surface area (TPSA) is 55.1 Å². The fourth-order valence-corrected chi connectivity index (χ4v) is 3.92. The van der Waals surface area contributed by atoms with E-state index in [1.807, 2.05) is 18.2 Å². The van der Waals surface area contributed by atoms with E-state index in [2.05, 4.69) is 32.5 Å². The number of nitrogens with zero attached hydrogens (tertiary/aromatic N) is 4. The van der Waals surface area contributed by atoms with Crippen LogP contribution in [0, 0.1) is 6.92 Å². The largest absolute Gasteiger partial charge is 0.453 e. The summed E-state index contributed by atoms with van der Waals surface area (Å²) in [5, 5.41) is 6.83. The first-order valence-electron chi connectivity index (χ1n) is 8.14. The number of nitrogens with one attached hydrogen (secondary N) is 1. The van der Waals surface area contributed by atoms with Crippen molar-refractivity contribution in [2.45, 2.75) is 35.6 Å². The molecular weight excluding hydrogens is 363 g/mol. The molecule has 1 aliphatic carbocycles. The van der Waals surface area contributed by atoms with Crippen molar-refractivity contribution in [3.63, 3.8) is 0 Å². The van der Waals surface area contributed by atoms with Gasteiger partial charge in [0.1, 0.15) is 5.82 Å². The van der Waals surface area contributed by atoms with Gasteiger partial charge in [0.15, 0.2) is 0 Å². The summed E-state index contributed by atoms with van der Waals surface area (Å²) in [5.74, 6) is -0.769. The number of alkyl halides is 3. The van der Waals surface area contributed by atoms with Crippen LogP contribution in [0.4, 0.5) is 19.0 Å². The Hall–Kier alpha value is -2.29. The summed E-state index contributed by atoms with van der Waals surface area (Å²) in [6, 6.07) is 11.8. The Morgan fingerprint density at radius 1 is 1.19 bits per heavy atom. The van der Waals surface area contributed by atoms with Crippen LogP contribution >= 0.6 is 11.8 Å². The lowest BCUT2D eigenvalue weighted by Crippen LogP contribution is -2.20. The molecule has 0 amide bonds. The number of aromatic nitrogens is 4. The first kappa shape index (κ1) is 17.1. The summed E-state index contributed by atoms with van der Waals surface area (Å²) in [6.45, 7) is 2.35. The van der Waals surface area contributed by atoms with E-state index < -0.39 is 12.0 Å². The van der Waals surface area contributed by atoms with Gasteiger partial charge in [-0.25, -0.2) is 4.98 Å². The van der Waals surface area contributed by atoms with Gasteiger partial charge in [-0.3, -0.25) is 0 Å². The smallest absolute Gasteiger partial charge is 0.368 e. The van der Waals surface area contributed by atoms with Crippen molar-refractivity contribution in [1.82, 2.24) is 19.6 Å². The molecule has 4 rings (SSSR count). The molecule has 3 aromatic rings. The SMILES string of the molecule is Cc1cc(NCC2(Sc3ccccc3)CC2)n2nc(C(F)(F)F)nc2n1. The summed E-state index contributed by atoms with van der Waals surface area (Å²) in [4.78, 5) is 8.73. The summed E-state index contributed by atoms with van der Waals surface area (Å²) in [6.07, 6.45) is -2.49. The quantitative estimate of drug-likeness (QED) is 0.720.